The molecule has 4 N–H and O–H groups in total. The average Bonchev–Trinajstić information content (AvgIpc) is 2.96. The maximum atomic E-state index is 12.6. The number of carbonyl (C=O) groups is 4. The summed E-state index contributed by atoms with van der Waals surface area (Å²) in [5.74, 6) is -6.13. The fraction of sp³-hybridized carbons (Fsp3) is 0.286. The molecule has 1 aliphatic heterocycles. The van der Waals surface area contributed by atoms with Crippen molar-refractivity contribution in [1.29, 1.82) is 0 Å². The van der Waals surface area contributed by atoms with E-state index in [1.807, 2.05) is 42.5 Å². The van der Waals surface area contributed by atoms with Crippen LogP contribution in [-0.4, -0.2) is 94.4 Å². The van der Waals surface area contributed by atoms with Crippen LogP contribution in [-0.2, 0) is 20.9 Å². The number of carboxylic acids is 2. The van der Waals surface area contributed by atoms with Crippen molar-refractivity contribution in [3.63, 3.8) is 0 Å². The lowest BCUT2D eigenvalue weighted by Gasteiger charge is -2.32. The number of alkyl halides is 6. The Labute approximate surface area is 247 Å². The quantitative estimate of drug-likeness (QED) is 0.116. The average molecular weight is 634 g/mol. The molecule has 0 aromatic heterocycles. The van der Waals surface area contributed by atoms with Crippen LogP contribution in [0, 0.1) is 0 Å². The van der Waals surface area contributed by atoms with Crippen molar-refractivity contribution in [2.75, 3.05) is 33.2 Å². The maximum absolute atomic E-state index is 12.6. The van der Waals surface area contributed by atoms with E-state index < -0.39 is 30.2 Å². The molecule has 0 unspecified atom stereocenters. The molecule has 240 valence electrons. The fourth-order valence-corrected chi connectivity index (χ4v) is 3.28. The minimum absolute atomic E-state index is 0.0289. The molecule has 1 aliphatic rings. The van der Waals surface area contributed by atoms with Crippen LogP contribution in [0.5, 0.6) is 0 Å². The molecular weight excluding hydrogens is 604 g/mol. The predicted octanol–water partition coefficient (Wildman–Crippen LogP) is 4.12. The van der Waals surface area contributed by atoms with Gasteiger partial charge < -0.3 is 15.1 Å². The van der Waals surface area contributed by atoms with Gasteiger partial charge in [0.15, 0.2) is 5.78 Å². The van der Waals surface area contributed by atoms with Crippen molar-refractivity contribution in [2.24, 2.45) is 0 Å². The third-order valence-electron chi connectivity index (χ3n) is 5.60. The number of halogens is 6. The summed E-state index contributed by atoms with van der Waals surface area (Å²) in [6.07, 6.45) is -3.97. The van der Waals surface area contributed by atoms with Gasteiger partial charge in [0.05, 0.1) is 0 Å². The van der Waals surface area contributed by atoms with E-state index in [2.05, 4.69) is 22.9 Å². The topological polar surface area (TPSA) is 147 Å². The minimum Gasteiger partial charge on any atom is -0.475 e. The zero-order valence-corrected chi connectivity index (χ0v) is 23.1. The van der Waals surface area contributed by atoms with Crippen LogP contribution < -0.4 is 5.48 Å². The third kappa shape index (κ3) is 15.1. The second kappa shape index (κ2) is 17.5. The molecule has 16 heteroatoms. The van der Waals surface area contributed by atoms with E-state index in [9.17, 15) is 35.9 Å². The van der Waals surface area contributed by atoms with E-state index in [1.165, 1.54) is 6.08 Å². The van der Waals surface area contributed by atoms with Gasteiger partial charge in [0.2, 0.25) is 0 Å². The number of allylic oxidation sites excluding steroid dienone is 1. The molecule has 0 radical (unpaired) electrons. The summed E-state index contributed by atoms with van der Waals surface area (Å²) in [5.41, 5.74) is 5.09. The predicted molar refractivity (Wildman–Crippen MR) is 145 cm³/mol. The Morgan fingerprint density at radius 2 is 1.25 bits per heavy atom. The lowest BCUT2D eigenvalue weighted by Crippen LogP contribution is -2.43. The van der Waals surface area contributed by atoms with Gasteiger partial charge in [0.25, 0.3) is 5.91 Å². The van der Waals surface area contributed by atoms with Crippen molar-refractivity contribution in [3.05, 3.63) is 82.9 Å². The number of carboxylic acid groups (broad SMARTS) is 2. The Hall–Kier alpha value is -4.54. The number of hydrogen-bond acceptors (Lipinski definition) is 7. The van der Waals surface area contributed by atoms with Gasteiger partial charge in [0, 0.05) is 44.4 Å². The van der Waals surface area contributed by atoms with E-state index in [-0.39, 0.29) is 5.78 Å². The first-order valence-corrected chi connectivity index (χ1v) is 12.5. The normalized spacial score (nSPS) is 14.3. The second-order valence-electron chi connectivity index (χ2n) is 9.06. The lowest BCUT2D eigenvalue weighted by atomic mass is 10.0. The van der Waals surface area contributed by atoms with Crippen LogP contribution in [0.1, 0.15) is 27.0 Å². The summed E-state index contributed by atoms with van der Waals surface area (Å²) in [5, 5.41) is 22.7. The molecule has 1 amide bonds. The van der Waals surface area contributed by atoms with Crippen molar-refractivity contribution in [1.82, 2.24) is 15.3 Å². The first-order chi connectivity index (χ1) is 20.4. The van der Waals surface area contributed by atoms with Crippen LogP contribution in [0.2, 0.25) is 0 Å². The zero-order valence-electron chi connectivity index (χ0n) is 23.1. The standard InChI is InChI=1S/C24H27N3O3.2C2HF3O2/c1-26-13-15-27(16-14-26)18-21-3-2-4-22(17-21)23(28)11-9-19-5-7-20(8-6-19)10-12-24(29)25-30;2*3-2(4,5)1(6)7/h2-12,17,30H,13-16,18H2,1H3,(H,25,29);2*(H,6,7)/b11-9+,12-10+;;. The minimum atomic E-state index is -5.08. The number of aliphatic carboxylic acids is 2. The Kier molecular flexibility index (Phi) is 14.9. The molecule has 2 aromatic rings. The van der Waals surface area contributed by atoms with E-state index in [0.717, 1.165) is 49.4 Å². The zero-order chi connectivity index (χ0) is 33.5. The lowest BCUT2D eigenvalue weighted by molar-refractivity contribution is -0.193. The second-order valence-corrected chi connectivity index (χ2v) is 9.06. The molecule has 10 nitrogen and oxygen atoms in total. The molecule has 0 aliphatic carbocycles. The summed E-state index contributed by atoms with van der Waals surface area (Å²) in [4.78, 5) is 46.1. The smallest absolute Gasteiger partial charge is 0.475 e. The summed E-state index contributed by atoms with van der Waals surface area (Å²) in [7, 11) is 2.14. The fourth-order valence-electron chi connectivity index (χ4n) is 3.28. The Balaban J connectivity index is 0.000000574. The Bertz CT molecular complexity index is 1290. The van der Waals surface area contributed by atoms with E-state index >= 15 is 0 Å². The van der Waals surface area contributed by atoms with Crippen LogP contribution in [0.3, 0.4) is 0 Å². The summed E-state index contributed by atoms with van der Waals surface area (Å²) < 4.78 is 63.5. The maximum Gasteiger partial charge on any atom is 0.490 e. The summed E-state index contributed by atoms with van der Waals surface area (Å²) in [6, 6.07) is 15.2. The van der Waals surface area contributed by atoms with Crippen molar-refractivity contribution < 1.29 is 60.9 Å². The largest absolute Gasteiger partial charge is 0.490 e. The number of nitrogens with one attached hydrogen (secondary N) is 1. The first-order valence-electron chi connectivity index (χ1n) is 12.5. The molecule has 0 saturated carbocycles. The highest BCUT2D eigenvalue weighted by atomic mass is 19.4. The monoisotopic (exact) mass is 633 g/mol. The number of carbonyl (C=O) groups excluding carboxylic acids is 2. The number of ketones is 1. The van der Waals surface area contributed by atoms with Crippen molar-refractivity contribution in [3.8, 4) is 0 Å². The highest BCUT2D eigenvalue weighted by molar-refractivity contribution is 6.06. The number of benzene rings is 2. The van der Waals surface area contributed by atoms with Crippen LogP contribution >= 0.6 is 0 Å². The molecule has 1 fully saturated rings. The molecule has 0 bridgehead atoms. The van der Waals surface area contributed by atoms with Gasteiger partial charge in [-0.05, 0) is 42.0 Å². The number of piperazine rings is 1. The van der Waals surface area contributed by atoms with Gasteiger partial charge in [0.1, 0.15) is 0 Å². The third-order valence-corrected chi connectivity index (χ3v) is 5.60. The number of hydroxylamine groups is 1. The summed E-state index contributed by atoms with van der Waals surface area (Å²) >= 11 is 0. The van der Waals surface area contributed by atoms with Crippen LogP contribution in [0.4, 0.5) is 26.3 Å². The van der Waals surface area contributed by atoms with Gasteiger partial charge in [-0.3, -0.25) is 19.7 Å². The molecule has 3 rings (SSSR count). The number of amides is 1. The number of nitrogens with zero attached hydrogens (tertiary/aromatic N) is 2. The highest BCUT2D eigenvalue weighted by Gasteiger charge is 2.38. The first kappa shape index (κ1) is 37.5. The Morgan fingerprint density at radius 3 is 1.68 bits per heavy atom. The molecule has 2 aromatic carbocycles. The molecule has 0 spiro atoms. The van der Waals surface area contributed by atoms with Crippen molar-refractivity contribution >= 4 is 35.8 Å². The van der Waals surface area contributed by atoms with E-state index in [4.69, 9.17) is 25.0 Å². The number of likely N-dealkylation sites (N-methyl/N-ethyl adjacent to an activating group) is 1. The Morgan fingerprint density at radius 1 is 0.795 bits per heavy atom. The van der Waals surface area contributed by atoms with E-state index in [1.54, 1.807) is 23.7 Å². The van der Waals surface area contributed by atoms with Gasteiger partial charge in [-0.2, -0.15) is 26.3 Å². The highest BCUT2D eigenvalue weighted by Crippen LogP contribution is 2.15. The SMILES string of the molecule is CN1CCN(Cc2cccc(C(=O)/C=C/c3ccc(/C=C/C(=O)NO)cc3)c2)CC1.O=C(O)C(F)(F)F.O=C(O)C(F)(F)F. The van der Waals surface area contributed by atoms with Gasteiger partial charge in [-0.15, -0.1) is 0 Å². The van der Waals surface area contributed by atoms with Crippen LogP contribution in [0.15, 0.2) is 60.7 Å². The molecular formula is C28H29F6N3O7. The van der Waals surface area contributed by atoms with Crippen molar-refractivity contribution in [2.45, 2.75) is 18.9 Å². The molecule has 1 heterocycles. The van der Waals surface area contributed by atoms with Gasteiger partial charge >= 0.3 is 24.3 Å². The number of rotatable bonds is 7. The summed E-state index contributed by atoms with van der Waals surface area (Å²) in [6.45, 7) is 5.10. The van der Waals surface area contributed by atoms with E-state index in [0.29, 0.717) is 5.56 Å². The van der Waals surface area contributed by atoms with Crippen LogP contribution in [0.25, 0.3) is 12.2 Å². The molecule has 0 atom stereocenters. The molecule has 44 heavy (non-hydrogen) atoms. The molecule has 1 saturated heterocycles. The van der Waals surface area contributed by atoms with Gasteiger partial charge in [-0.1, -0.05) is 48.5 Å². The van der Waals surface area contributed by atoms with Gasteiger partial charge in [-0.25, -0.2) is 15.1 Å². The number of hydrogen-bond donors (Lipinski definition) is 4.